The Morgan fingerprint density at radius 1 is 0.903 bits per heavy atom. The summed E-state index contributed by atoms with van der Waals surface area (Å²) >= 11 is 0. The summed E-state index contributed by atoms with van der Waals surface area (Å²) in [6, 6.07) is 0. The fraction of sp³-hybridized carbons (Fsp3) is 0.893. The number of aliphatic hydroxyl groups excluding tert-OH is 1. The molecule has 10 atom stereocenters. The standard InChI is InChI=1S/C28H44O3/c1-16(2)18-10-11-27(5)12-13-28(25(30)31)21(24(18)27)9-8-20-19-7-6-17(29)14-22(19)26(3,4)15-23(20)28/h17-24,29H,1,6-15H2,2-5H3,(H,30,31)/t17-,18?,19?,20?,21?,22?,23?,24?,27?,28?/m1/s1. The summed E-state index contributed by atoms with van der Waals surface area (Å²) < 4.78 is 0. The Balaban J connectivity index is 1.57. The second kappa shape index (κ2) is 7.08. The van der Waals surface area contributed by atoms with Crippen molar-refractivity contribution in [1.82, 2.24) is 0 Å². The predicted octanol–water partition coefficient (Wildman–Crippen LogP) is 6.31. The Kier molecular flexibility index (Phi) is 5.02. The van der Waals surface area contributed by atoms with Crippen LogP contribution in [0.15, 0.2) is 12.2 Å². The minimum atomic E-state index is -0.552. The molecule has 0 heterocycles. The van der Waals surface area contributed by atoms with Crippen molar-refractivity contribution in [3.05, 3.63) is 12.2 Å². The Bertz CT molecular complexity index is 770. The van der Waals surface area contributed by atoms with Gasteiger partial charge in [-0.25, -0.2) is 0 Å². The van der Waals surface area contributed by atoms with Gasteiger partial charge in [0, 0.05) is 0 Å². The number of carboxylic acids is 1. The average molecular weight is 429 g/mol. The number of hydrogen-bond acceptors (Lipinski definition) is 2. The maximum atomic E-state index is 13.3. The summed E-state index contributed by atoms with van der Waals surface area (Å²) in [6.45, 7) is 13.7. The Morgan fingerprint density at radius 2 is 1.58 bits per heavy atom. The van der Waals surface area contributed by atoms with Crippen molar-refractivity contribution in [3.63, 3.8) is 0 Å². The summed E-state index contributed by atoms with van der Waals surface area (Å²) in [5, 5.41) is 21.4. The van der Waals surface area contributed by atoms with Crippen LogP contribution < -0.4 is 0 Å². The molecule has 3 nitrogen and oxygen atoms in total. The van der Waals surface area contributed by atoms with E-state index >= 15 is 0 Å². The van der Waals surface area contributed by atoms with Crippen LogP contribution in [0, 0.1) is 57.7 Å². The zero-order valence-electron chi connectivity index (χ0n) is 20.2. The van der Waals surface area contributed by atoms with Crippen LogP contribution in [-0.2, 0) is 4.79 Å². The van der Waals surface area contributed by atoms with Crippen LogP contribution in [0.5, 0.6) is 0 Å². The van der Waals surface area contributed by atoms with Gasteiger partial charge in [-0.2, -0.15) is 0 Å². The van der Waals surface area contributed by atoms with Gasteiger partial charge in [-0.15, -0.1) is 0 Å². The molecule has 2 N–H and O–H groups in total. The highest BCUT2D eigenvalue weighted by molar-refractivity contribution is 5.76. The Hall–Kier alpha value is -0.830. The first-order chi connectivity index (χ1) is 14.5. The lowest BCUT2D eigenvalue weighted by Gasteiger charge is -2.65. The number of allylic oxidation sites excluding steroid dienone is 1. The number of aliphatic hydroxyl groups is 1. The topological polar surface area (TPSA) is 57.5 Å². The zero-order valence-corrected chi connectivity index (χ0v) is 20.2. The molecular weight excluding hydrogens is 384 g/mol. The van der Waals surface area contributed by atoms with E-state index in [-0.39, 0.29) is 11.5 Å². The summed E-state index contributed by atoms with van der Waals surface area (Å²) in [5.41, 5.74) is 1.13. The molecule has 0 spiro atoms. The molecule has 31 heavy (non-hydrogen) atoms. The third-order valence-corrected chi connectivity index (χ3v) is 11.7. The van der Waals surface area contributed by atoms with Gasteiger partial charge in [-0.05, 0) is 123 Å². The van der Waals surface area contributed by atoms with Crippen LogP contribution in [-0.4, -0.2) is 22.3 Å². The van der Waals surface area contributed by atoms with E-state index in [1.165, 1.54) is 24.8 Å². The molecule has 0 saturated heterocycles. The molecular formula is C28H44O3. The minimum Gasteiger partial charge on any atom is -0.481 e. The molecule has 5 aliphatic rings. The van der Waals surface area contributed by atoms with Gasteiger partial charge < -0.3 is 10.2 Å². The molecule has 0 radical (unpaired) electrons. The molecule has 5 aliphatic carbocycles. The van der Waals surface area contributed by atoms with E-state index < -0.39 is 11.4 Å². The first-order valence-corrected chi connectivity index (χ1v) is 13.1. The van der Waals surface area contributed by atoms with Gasteiger partial charge in [0.25, 0.3) is 0 Å². The number of rotatable bonds is 2. The molecule has 0 amide bonds. The van der Waals surface area contributed by atoms with Crippen LogP contribution in [0.1, 0.15) is 91.9 Å². The summed E-state index contributed by atoms with van der Waals surface area (Å²) in [7, 11) is 0. The number of carboxylic acid groups (broad SMARTS) is 1. The van der Waals surface area contributed by atoms with E-state index in [1.54, 1.807) is 0 Å². The highest BCUT2D eigenvalue weighted by atomic mass is 16.4. The highest BCUT2D eigenvalue weighted by Crippen LogP contribution is 2.72. The number of fused-ring (bicyclic) bond motifs is 7. The second-order valence-electron chi connectivity index (χ2n) is 13.4. The lowest BCUT2D eigenvalue weighted by atomic mass is 9.38. The minimum absolute atomic E-state index is 0.113. The van der Waals surface area contributed by atoms with Gasteiger partial charge in [0.1, 0.15) is 0 Å². The van der Waals surface area contributed by atoms with E-state index in [0.29, 0.717) is 46.8 Å². The van der Waals surface area contributed by atoms with Crippen molar-refractivity contribution in [2.45, 2.75) is 98.0 Å². The predicted molar refractivity (Wildman–Crippen MR) is 123 cm³/mol. The second-order valence-corrected chi connectivity index (χ2v) is 13.4. The van der Waals surface area contributed by atoms with E-state index in [4.69, 9.17) is 0 Å². The molecule has 5 rings (SSSR count). The summed E-state index contributed by atoms with van der Waals surface area (Å²) in [5.74, 6) is 2.77. The smallest absolute Gasteiger partial charge is 0.310 e. The van der Waals surface area contributed by atoms with Crippen molar-refractivity contribution in [3.8, 4) is 0 Å². The SMILES string of the molecule is C=C(C)C1CCC2(C)CCC3(C(=O)O)C4CC(C)(C)C5C[C@H](O)CCC5C4CCC3C12. The highest BCUT2D eigenvalue weighted by Gasteiger charge is 2.68. The van der Waals surface area contributed by atoms with Crippen LogP contribution >= 0.6 is 0 Å². The van der Waals surface area contributed by atoms with Crippen molar-refractivity contribution in [1.29, 1.82) is 0 Å². The summed E-state index contributed by atoms with van der Waals surface area (Å²) in [4.78, 5) is 13.3. The van der Waals surface area contributed by atoms with Crippen LogP contribution in [0.3, 0.4) is 0 Å². The fourth-order valence-corrected chi connectivity index (χ4v) is 10.3. The normalized spacial score (nSPS) is 52.9. The Morgan fingerprint density at radius 3 is 2.26 bits per heavy atom. The van der Waals surface area contributed by atoms with Crippen molar-refractivity contribution in [2.24, 2.45) is 57.7 Å². The first kappa shape index (κ1) is 22.0. The average Bonchev–Trinajstić information content (AvgIpc) is 3.05. The maximum Gasteiger partial charge on any atom is 0.310 e. The molecule has 0 aromatic rings. The van der Waals surface area contributed by atoms with Gasteiger partial charge in [0.2, 0.25) is 0 Å². The van der Waals surface area contributed by atoms with Crippen molar-refractivity contribution >= 4 is 5.97 Å². The molecule has 0 aromatic carbocycles. The largest absolute Gasteiger partial charge is 0.481 e. The zero-order chi connectivity index (χ0) is 22.3. The van der Waals surface area contributed by atoms with Crippen LogP contribution in [0.4, 0.5) is 0 Å². The van der Waals surface area contributed by atoms with Gasteiger partial charge in [-0.3, -0.25) is 4.79 Å². The van der Waals surface area contributed by atoms with E-state index in [2.05, 4.69) is 34.3 Å². The first-order valence-electron chi connectivity index (χ1n) is 13.1. The van der Waals surface area contributed by atoms with Crippen LogP contribution in [0.2, 0.25) is 0 Å². The van der Waals surface area contributed by atoms with Crippen LogP contribution in [0.25, 0.3) is 0 Å². The molecule has 5 fully saturated rings. The van der Waals surface area contributed by atoms with Gasteiger partial charge >= 0.3 is 5.97 Å². The van der Waals surface area contributed by atoms with E-state index in [9.17, 15) is 15.0 Å². The summed E-state index contributed by atoms with van der Waals surface area (Å²) in [6.07, 6.45) is 10.5. The van der Waals surface area contributed by atoms with Gasteiger partial charge in [0.15, 0.2) is 0 Å². The fourth-order valence-electron chi connectivity index (χ4n) is 10.3. The molecule has 0 aromatic heterocycles. The monoisotopic (exact) mass is 428 g/mol. The number of aliphatic carboxylic acids is 1. The lowest BCUT2D eigenvalue weighted by Crippen LogP contribution is -2.63. The van der Waals surface area contributed by atoms with Crippen molar-refractivity contribution in [2.75, 3.05) is 0 Å². The maximum absolute atomic E-state index is 13.3. The Labute approximate surface area is 189 Å². The van der Waals surface area contributed by atoms with E-state index in [1.807, 2.05) is 0 Å². The van der Waals surface area contributed by atoms with Gasteiger partial charge in [0.05, 0.1) is 11.5 Å². The lowest BCUT2D eigenvalue weighted by molar-refractivity contribution is -0.205. The quantitative estimate of drug-likeness (QED) is 0.507. The van der Waals surface area contributed by atoms with Gasteiger partial charge in [-0.1, -0.05) is 32.9 Å². The molecule has 5 saturated carbocycles. The third-order valence-electron chi connectivity index (χ3n) is 11.7. The molecule has 174 valence electrons. The number of hydrogen-bond donors (Lipinski definition) is 2. The number of carbonyl (C=O) groups is 1. The van der Waals surface area contributed by atoms with Crippen molar-refractivity contribution < 1.29 is 15.0 Å². The third kappa shape index (κ3) is 2.97. The molecule has 9 unspecified atom stereocenters. The molecule has 3 heteroatoms. The molecule has 0 aliphatic heterocycles. The molecule has 0 bridgehead atoms. The van der Waals surface area contributed by atoms with E-state index in [0.717, 1.165) is 44.9 Å².